The largest absolute Gasteiger partial charge is 0.417 e. The van der Waals surface area contributed by atoms with Gasteiger partial charge in [-0.25, -0.2) is 17.7 Å². The number of piperidine rings is 1. The Balaban J connectivity index is 1.66. The molecule has 0 atom stereocenters. The minimum Gasteiger partial charge on any atom is -0.356 e. The van der Waals surface area contributed by atoms with Crippen LogP contribution in [0.5, 0.6) is 0 Å². The van der Waals surface area contributed by atoms with Crippen LogP contribution < -0.4 is 4.90 Å². The van der Waals surface area contributed by atoms with E-state index in [2.05, 4.69) is 20.9 Å². The van der Waals surface area contributed by atoms with Crippen LogP contribution in [0.1, 0.15) is 31.2 Å². The van der Waals surface area contributed by atoms with Crippen LogP contribution >= 0.6 is 15.9 Å². The number of alkyl halides is 3. The Hall–Kier alpha value is -0.870. The fourth-order valence-electron chi connectivity index (χ4n) is 3.07. The van der Waals surface area contributed by atoms with E-state index in [1.807, 2.05) is 4.90 Å². The van der Waals surface area contributed by atoms with Crippen LogP contribution in [-0.2, 0) is 16.2 Å². The van der Waals surface area contributed by atoms with Gasteiger partial charge in [0.05, 0.1) is 15.3 Å². The van der Waals surface area contributed by atoms with Crippen molar-refractivity contribution in [3.05, 3.63) is 22.3 Å². The summed E-state index contributed by atoms with van der Waals surface area (Å²) in [4.78, 5) is 5.84. The van der Waals surface area contributed by atoms with Gasteiger partial charge >= 0.3 is 6.18 Å². The van der Waals surface area contributed by atoms with Crippen LogP contribution in [0.4, 0.5) is 19.0 Å². The Bertz CT molecular complexity index is 745. The van der Waals surface area contributed by atoms with Crippen molar-refractivity contribution < 1.29 is 21.6 Å². The Morgan fingerprint density at radius 2 is 1.84 bits per heavy atom. The lowest BCUT2D eigenvalue weighted by molar-refractivity contribution is -0.137. The standard InChI is InChI=1S/C15H19BrF3N3O2S/c1-21(25(23,24)12-2-3-12)11-4-6-22(7-5-11)14-13(16)8-10(9-20-14)15(17,18)19/h8-9,11-12H,2-7H2,1H3. The van der Waals surface area contributed by atoms with Crippen molar-refractivity contribution in [2.45, 2.75) is 43.2 Å². The van der Waals surface area contributed by atoms with Gasteiger partial charge in [-0.2, -0.15) is 13.2 Å². The van der Waals surface area contributed by atoms with Gasteiger partial charge in [0, 0.05) is 32.4 Å². The summed E-state index contributed by atoms with van der Waals surface area (Å²) in [5.41, 5.74) is -0.798. The third-order valence-corrected chi connectivity index (χ3v) is 7.77. The van der Waals surface area contributed by atoms with Gasteiger partial charge < -0.3 is 4.90 Å². The lowest BCUT2D eigenvalue weighted by atomic mass is 10.1. The maximum Gasteiger partial charge on any atom is 0.417 e. The Morgan fingerprint density at radius 3 is 2.32 bits per heavy atom. The molecule has 1 aromatic heterocycles. The summed E-state index contributed by atoms with van der Waals surface area (Å²) in [7, 11) is -1.59. The molecule has 1 saturated heterocycles. The summed E-state index contributed by atoms with van der Waals surface area (Å²) in [6.45, 7) is 1.10. The fraction of sp³-hybridized carbons (Fsp3) is 0.667. The van der Waals surface area contributed by atoms with Gasteiger partial charge in [-0.15, -0.1) is 0 Å². The highest BCUT2D eigenvalue weighted by atomic mass is 79.9. The minimum atomic E-state index is -4.43. The number of sulfonamides is 1. The fourth-order valence-corrected chi connectivity index (χ4v) is 5.50. The zero-order valence-electron chi connectivity index (χ0n) is 13.6. The molecule has 10 heteroatoms. The smallest absolute Gasteiger partial charge is 0.356 e. The summed E-state index contributed by atoms with van der Waals surface area (Å²) in [5.74, 6) is 0.458. The molecule has 5 nitrogen and oxygen atoms in total. The molecule has 25 heavy (non-hydrogen) atoms. The third-order valence-electron chi connectivity index (χ3n) is 4.77. The highest BCUT2D eigenvalue weighted by Crippen LogP contribution is 2.36. The molecule has 2 fully saturated rings. The second-order valence-electron chi connectivity index (χ2n) is 6.51. The molecule has 140 valence electrons. The van der Waals surface area contributed by atoms with E-state index >= 15 is 0 Å². The van der Waals surface area contributed by atoms with E-state index < -0.39 is 21.8 Å². The van der Waals surface area contributed by atoms with Gasteiger partial charge in [-0.1, -0.05) is 0 Å². The van der Waals surface area contributed by atoms with E-state index in [4.69, 9.17) is 0 Å². The number of anilines is 1. The first-order chi connectivity index (χ1) is 11.6. The van der Waals surface area contributed by atoms with Crippen molar-refractivity contribution in [2.24, 2.45) is 0 Å². The van der Waals surface area contributed by atoms with Gasteiger partial charge in [-0.3, -0.25) is 0 Å². The second kappa shape index (κ2) is 6.70. The van der Waals surface area contributed by atoms with Crippen LogP contribution in [0.3, 0.4) is 0 Å². The van der Waals surface area contributed by atoms with Crippen molar-refractivity contribution in [1.82, 2.24) is 9.29 Å². The quantitative estimate of drug-likeness (QED) is 0.719. The number of hydrogen-bond acceptors (Lipinski definition) is 4. The number of aromatic nitrogens is 1. The average molecular weight is 442 g/mol. The first kappa shape index (κ1) is 18.9. The lowest BCUT2D eigenvalue weighted by Gasteiger charge is -2.37. The molecule has 0 radical (unpaired) electrons. The van der Waals surface area contributed by atoms with E-state index in [1.165, 1.54) is 4.31 Å². The van der Waals surface area contributed by atoms with Crippen LogP contribution in [0, 0.1) is 0 Å². The molecule has 0 spiro atoms. The molecule has 3 rings (SSSR count). The summed E-state index contributed by atoms with van der Waals surface area (Å²) >= 11 is 3.17. The van der Waals surface area contributed by atoms with Crippen LogP contribution in [0.15, 0.2) is 16.7 Å². The van der Waals surface area contributed by atoms with Gasteiger partial charge in [0.25, 0.3) is 0 Å². The molecule has 1 aliphatic carbocycles. The van der Waals surface area contributed by atoms with E-state index in [0.29, 0.717) is 36.2 Å². The van der Waals surface area contributed by atoms with Crippen molar-refractivity contribution in [1.29, 1.82) is 0 Å². The second-order valence-corrected chi connectivity index (χ2v) is 9.63. The zero-order chi connectivity index (χ0) is 18.4. The van der Waals surface area contributed by atoms with Gasteiger partial charge in [-0.05, 0) is 47.7 Å². The Kier molecular flexibility index (Phi) is 5.06. The topological polar surface area (TPSA) is 53.5 Å². The molecule has 1 aromatic rings. The van der Waals surface area contributed by atoms with Crippen molar-refractivity contribution >= 4 is 31.8 Å². The van der Waals surface area contributed by atoms with Crippen LogP contribution in [0.2, 0.25) is 0 Å². The average Bonchev–Trinajstić information content (AvgIpc) is 3.39. The molecule has 1 aliphatic heterocycles. The van der Waals surface area contributed by atoms with E-state index in [-0.39, 0.29) is 11.3 Å². The maximum atomic E-state index is 12.7. The molecule has 0 amide bonds. The predicted molar refractivity (Wildman–Crippen MR) is 91.9 cm³/mol. The molecule has 0 bridgehead atoms. The number of pyridine rings is 1. The highest BCUT2D eigenvalue weighted by molar-refractivity contribution is 9.10. The van der Waals surface area contributed by atoms with E-state index in [1.54, 1.807) is 7.05 Å². The van der Waals surface area contributed by atoms with Crippen LogP contribution in [0.25, 0.3) is 0 Å². The van der Waals surface area contributed by atoms with Crippen LogP contribution in [-0.4, -0.2) is 49.1 Å². The lowest BCUT2D eigenvalue weighted by Crippen LogP contribution is -2.46. The molecule has 0 aromatic carbocycles. The predicted octanol–water partition coefficient (Wildman–Crippen LogP) is 3.26. The van der Waals surface area contributed by atoms with Gasteiger partial charge in [0.15, 0.2) is 0 Å². The van der Waals surface area contributed by atoms with Crippen molar-refractivity contribution in [3.8, 4) is 0 Å². The number of rotatable bonds is 4. The Labute approximate surface area is 153 Å². The molecule has 0 N–H and O–H groups in total. The Morgan fingerprint density at radius 1 is 1.24 bits per heavy atom. The number of halogens is 4. The van der Waals surface area contributed by atoms with Crippen molar-refractivity contribution in [3.63, 3.8) is 0 Å². The monoisotopic (exact) mass is 441 g/mol. The van der Waals surface area contributed by atoms with Gasteiger partial charge in [0.2, 0.25) is 10.0 Å². The number of nitrogens with zero attached hydrogens (tertiary/aromatic N) is 3. The molecule has 0 unspecified atom stereocenters. The normalized spacial score (nSPS) is 20.3. The summed E-state index contributed by atoms with van der Waals surface area (Å²) < 4.78 is 64.6. The summed E-state index contributed by atoms with van der Waals surface area (Å²) in [6, 6.07) is 0.952. The zero-order valence-corrected chi connectivity index (χ0v) is 16.0. The molecule has 1 saturated carbocycles. The van der Waals surface area contributed by atoms with E-state index in [0.717, 1.165) is 25.1 Å². The van der Waals surface area contributed by atoms with E-state index in [9.17, 15) is 21.6 Å². The first-order valence-electron chi connectivity index (χ1n) is 8.05. The van der Waals surface area contributed by atoms with Crippen molar-refractivity contribution in [2.75, 3.05) is 25.0 Å². The summed E-state index contributed by atoms with van der Waals surface area (Å²) in [6.07, 6.45) is -0.895. The number of hydrogen-bond donors (Lipinski definition) is 0. The SMILES string of the molecule is CN(C1CCN(c2ncc(C(F)(F)F)cc2Br)CC1)S(=O)(=O)C1CC1. The third kappa shape index (κ3) is 3.95. The minimum absolute atomic E-state index is 0.0740. The summed E-state index contributed by atoms with van der Waals surface area (Å²) in [5, 5.41) is -0.235. The maximum absolute atomic E-state index is 12.7. The molecular weight excluding hydrogens is 423 g/mol. The molecule has 2 heterocycles. The molecular formula is C15H19BrF3N3O2S. The highest BCUT2D eigenvalue weighted by Gasteiger charge is 2.41. The molecule has 2 aliphatic rings. The van der Waals surface area contributed by atoms with Gasteiger partial charge in [0.1, 0.15) is 5.82 Å². The first-order valence-corrected chi connectivity index (χ1v) is 10.3.